The number of hydrogen-bond donors (Lipinski definition) is 2. The molecule has 0 bridgehead atoms. The molecule has 0 radical (unpaired) electrons. The molecule has 0 amide bonds. The highest BCUT2D eigenvalue weighted by Crippen LogP contribution is 2.17. The summed E-state index contributed by atoms with van der Waals surface area (Å²) < 4.78 is 5.50. The van der Waals surface area contributed by atoms with Gasteiger partial charge in [0.15, 0.2) is 0 Å². The highest BCUT2D eigenvalue weighted by atomic mass is 35.5. The fourth-order valence-corrected chi connectivity index (χ4v) is 2.60. The third-order valence-electron chi connectivity index (χ3n) is 3.52. The van der Waals surface area contributed by atoms with E-state index in [0.717, 1.165) is 5.56 Å². The molecule has 4 heteroatoms. The molecule has 0 aromatic heterocycles. The minimum atomic E-state index is -0.455. The van der Waals surface area contributed by atoms with Gasteiger partial charge in [-0.1, -0.05) is 42.6 Å². The van der Waals surface area contributed by atoms with Crippen LogP contribution in [0.4, 0.5) is 0 Å². The van der Waals surface area contributed by atoms with Gasteiger partial charge in [-0.15, -0.1) is 0 Å². The van der Waals surface area contributed by atoms with E-state index in [1.807, 2.05) is 24.3 Å². The third-order valence-corrected chi connectivity index (χ3v) is 3.89. The van der Waals surface area contributed by atoms with Crippen LogP contribution in [-0.2, 0) is 11.3 Å². The van der Waals surface area contributed by atoms with Crippen LogP contribution < -0.4 is 5.32 Å². The smallest absolute Gasteiger partial charge is 0.0897 e. The van der Waals surface area contributed by atoms with E-state index in [1.54, 1.807) is 0 Å². The first kappa shape index (κ1) is 14.8. The van der Waals surface area contributed by atoms with E-state index in [9.17, 15) is 5.11 Å². The molecule has 1 atom stereocenters. The van der Waals surface area contributed by atoms with Crippen LogP contribution in [0.2, 0.25) is 5.02 Å². The number of ether oxygens (including phenoxy) is 1. The van der Waals surface area contributed by atoms with Gasteiger partial charge in [-0.05, 0) is 24.5 Å². The van der Waals surface area contributed by atoms with Gasteiger partial charge >= 0.3 is 0 Å². The Hall–Kier alpha value is -0.610. The molecule has 0 unspecified atom stereocenters. The highest BCUT2D eigenvalue weighted by molar-refractivity contribution is 6.31. The highest BCUT2D eigenvalue weighted by Gasteiger charge is 2.15. The Morgan fingerprint density at radius 1 is 1.32 bits per heavy atom. The molecular weight excluding hydrogens is 262 g/mol. The molecule has 1 aromatic rings. The lowest BCUT2D eigenvalue weighted by atomic mass is 10.2. The van der Waals surface area contributed by atoms with Crippen molar-refractivity contribution in [2.75, 3.05) is 13.2 Å². The Bertz CT molecular complexity index is 380. The van der Waals surface area contributed by atoms with Gasteiger partial charge in [0.25, 0.3) is 0 Å². The molecule has 1 aliphatic rings. The minimum Gasteiger partial charge on any atom is -0.389 e. The minimum absolute atomic E-state index is 0.338. The zero-order valence-electron chi connectivity index (χ0n) is 11.1. The summed E-state index contributed by atoms with van der Waals surface area (Å²) in [5.74, 6) is 0. The second kappa shape index (κ2) is 7.85. The largest absolute Gasteiger partial charge is 0.389 e. The first-order valence-corrected chi connectivity index (χ1v) is 7.36. The van der Waals surface area contributed by atoms with E-state index in [4.69, 9.17) is 16.3 Å². The Morgan fingerprint density at radius 3 is 2.79 bits per heavy atom. The Kier molecular flexibility index (Phi) is 6.11. The molecule has 1 aliphatic carbocycles. The van der Waals surface area contributed by atoms with Crippen molar-refractivity contribution in [2.45, 2.75) is 44.4 Å². The fourth-order valence-electron chi connectivity index (χ4n) is 2.41. The molecule has 0 spiro atoms. The number of benzene rings is 1. The van der Waals surface area contributed by atoms with Crippen LogP contribution >= 0.6 is 11.6 Å². The van der Waals surface area contributed by atoms with Crippen LogP contribution in [0.5, 0.6) is 0 Å². The maximum absolute atomic E-state index is 9.84. The van der Waals surface area contributed by atoms with Crippen molar-refractivity contribution < 1.29 is 9.84 Å². The van der Waals surface area contributed by atoms with Crippen LogP contribution in [0.15, 0.2) is 24.3 Å². The van der Waals surface area contributed by atoms with Gasteiger partial charge in [0.2, 0.25) is 0 Å². The SMILES string of the molecule is O[C@@H](CNC1CCCC1)COCc1ccccc1Cl. The molecule has 1 aromatic carbocycles. The zero-order chi connectivity index (χ0) is 13.5. The van der Waals surface area contributed by atoms with Crippen molar-refractivity contribution in [1.82, 2.24) is 5.32 Å². The maximum Gasteiger partial charge on any atom is 0.0897 e. The molecule has 1 saturated carbocycles. The number of halogens is 1. The van der Waals surface area contributed by atoms with E-state index >= 15 is 0 Å². The predicted octanol–water partition coefficient (Wildman–Crippen LogP) is 2.75. The molecule has 19 heavy (non-hydrogen) atoms. The van der Waals surface area contributed by atoms with Gasteiger partial charge in [0, 0.05) is 17.6 Å². The van der Waals surface area contributed by atoms with Crippen LogP contribution in [0.3, 0.4) is 0 Å². The summed E-state index contributed by atoms with van der Waals surface area (Å²) in [5.41, 5.74) is 0.958. The van der Waals surface area contributed by atoms with E-state index < -0.39 is 6.10 Å². The summed E-state index contributed by atoms with van der Waals surface area (Å²) in [6, 6.07) is 8.19. The fraction of sp³-hybridized carbons (Fsp3) is 0.600. The number of aliphatic hydroxyl groups is 1. The first-order chi connectivity index (χ1) is 9.25. The summed E-state index contributed by atoms with van der Waals surface area (Å²) >= 11 is 6.03. The molecule has 0 aliphatic heterocycles. The monoisotopic (exact) mass is 283 g/mol. The molecule has 0 heterocycles. The summed E-state index contributed by atoms with van der Waals surface area (Å²) in [6.45, 7) is 1.39. The third kappa shape index (κ3) is 5.11. The van der Waals surface area contributed by atoms with Gasteiger partial charge in [-0.2, -0.15) is 0 Å². The molecule has 2 rings (SSSR count). The van der Waals surface area contributed by atoms with E-state index in [0.29, 0.717) is 30.8 Å². The van der Waals surface area contributed by atoms with Gasteiger partial charge in [-0.25, -0.2) is 0 Å². The van der Waals surface area contributed by atoms with Gasteiger partial charge in [0.1, 0.15) is 0 Å². The lowest BCUT2D eigenvalue weighted by molar-refractivity contribution is 0.0277. The summed E-state index contributed by atoms with van der Waals surface area (Å²) in [7, 11) is 0. The van der Waals surface area contributed by atoms with Crippen LogP contribution in [0, 0.1) is 0 Å². The van der Waals surface area contributed by atoms with Crippen molar-refractivity contribution in [3.05, 3.63) is 34.9 Å². The van der Waals surface area contributed by atoms with Gasteiger partial charge in [-0.3, -0.25) is 0 Å². The predicted molar refractivity (Wildman–Crippen MR) is 77.4 cm³/mol. The number of aliphatic hydroxyl groups excluding tert-OH is 1. The summed E-state index contributed by atoms with van der Waals surface area (Å²) in [5, 5.41) is 13.9. The quantitative estimate of drug-likeness (QED) is 0.808. The van der Waals surface area contributed by atoms with Crippen LogP contribution in [-0.4, -0.2) is 30.4 Å². The van der Waals surface area contributed by atoms with E-state index in [1.165, 1.54) is 25.7 Å². The van der Waals surface area contributed by atoms with E-state index in [-0.39, 0.29) is 0 Å². The molecule has 106 valence electrons. The lowest BCUT2D eigenvalue weighted by Gasteiger charge is -2.16. The van der Waals surface area contributed by atoms with Crippen LogP contribution in [0.25, 0.3) is 0 Å². The van der Waals surface area contributed by atoms with Gasteiger partial charge < -0.3 is 15.2 Å². The summed E-state index contributed by atoms with van der Waals surface area (Å²) in [4.78, 5) is 0. The number of nitrogens with one attached hydrogen (secondary N) is 1. The number of hydrogen-bond acceptors (Lipinski definition) is 3. The first-order valence-electron chi connectivity index (χ1n) is 6.98. The van der Waals surface area contributed by atoms with Crippen molar-refractivity contribution in [2.24, 2.45) is 0 Å². The van der Waals surface area contributed by atoms with Crippen LogP contribution in [0.1, 0.15) is 31.2 Å². The molecular formula is C15H22ClNO2. The molecule has 2 N–H and O–H groups in total. The van der Waals surface area contributed by atoms with Gasteiger partial charge in [0.05, 0.1) is 19.3 Å². The summed E-state index contributed by atoms with van der Waals surface area (Å²) in [6.07, 6.45) is 4.61. The van der Waals surface area contributed by atoms with Crippen molar-refractivity contribution in [1.29, 1.82) is 0 Å². The standard InChI is InChI=1S/C15H22ClNO2/c16-15-8-4-1-5-12(15)10-19-11-14(18)9-17-13-6-2-3-7-13/h1,4-5,8,13-14,17-18H,2-3,6-7,9-11H2/t14-/m0/s1. The number of rotatable bonds is 7. The topological polar surface area (TPSA) is 41.5 Å². The maximum atomic E-state index is 9.84. The molecule has 3 nitrogen and oxygen atoms in total. The average molecular weight is 284 g/mol. The van der Waals surface area contributed by atoms with Crippen molar-refractivity contribution in [3.8, 4) is 0 Å². The normalized spacial score (nSPS) is 17.8. The molecule has 0 saturated heterocycles. The Morgan fingerprint density at radius 2 is 2.05 bits per heavy atom. The Balaban J connectivity index is 1.61. The Labute approximate surface area is 119 Å². The second-order valence-electron chi connectivity index (χ2n) is 5.15. The van der Waals surface area contributed by atoms with Crippen molar-refractivity contribution >= 4 is 11.6 Å². The van der Waals surface area contributed by atoms with Crippen molar-refractivity contribution in [3.63, 3.8) is 0 Å². The average Bonchev–Trinajstić information content (AvgIpc) is 2.92. The second-order valence-corrected chi connectivity index (χ2v) is 5.56. The zero-order valence-corrected chi connectivity index (χ0v) is 11.9. The molecule has 1 fully saturated rings. The van der Waals surface area contributed by atoms with E-state index in [2.05, 4.69) is 5.32 Å². The lowest BCUT2D eigenvalue weighted by Crippen LogP contribution is -2.36.